The minimum absolute atomic E-state index is 0.00821. The number of hydrogen-bond donors (Lipinski definition) is 0. The molecular weight excluding hydrogens is 250 g/mol. The molecule has 0 radical (unpaired) electrons. The molecule has 1 aromatic heterocycles. The predicted octanol–water partition coefficient (Wildman–Crippen LogP) is 3.21. The Kier molecular flexibility index (Phi) is 3.03. The Morgan fingerprint density at radius 1 is 1.00 bits per heavy atom. The quantitative estimate of drug-likeness (QED) is 0.712. The second kappa shape index (κ2) is 4.85. The third-order valence-corrected chi connectivity index (χ3v) is 3.52. The van der Waals surface area contributed by atoms with E-state index in [2.05, 4.69) is 0 Å². The molecular formula is C17H15NO2. The van der Waals surface area contributed by atoms with Gasteiger partial charge in [-0.3, -0.25) is 4.79 Å². The largest absolute Gasteiger partial charge is 0.497 e. The lowest BCUT2D eigenvalue weighted by Gasteiger charge is -2.10. The van der Waals surface area contributed by atoms with Crippen molar-refractivity contribution in [3.63, 3.8) is 0 Å². The summed E-state index contributed by atoms with van der Waals surface area (Å²) in [6.45, 7) is 0. The van der Waals surface area contributed by atoms with Crippen LogP contribution in [0, 0.1) is 0 Å². The van der Waals surface area contributed by atoms with Crippen LogP contribution >= 0.6 is 0 Å². The highest BCUT2D eigenvalue weighted by Gasteiger charge is 2.09. The maximum Gasteiger partial charge on any atom is 0.258 e. The number of methoxy groups -OCH3 is 1. The van der Waals surface area contributed by atoms with Gasteiger partial charge in [0.15, 0.2) is 0 Å². The van der Waals surface area contributed by atoms with Gasteiger partial charge in [0, 0.05) is 18.0 Å². The number of pyridine rings is 1. The molecule has 0 atom stereocenters. The average Bonchev–Trinajstić information content (AvgIpc) is 2.51. The maximum atomic E-state index is 12.5. The summed E-state index contributed by atoms with van der Waals surface area (Å²) in [4.78, 5) is 12.5. The number of ether oxygens (including phenoxy) is 1. The lowest BCUT2D eigenvalue weighted by atomic mass is 10.0. The van der Waals surface area contributed by atoms with Crippen molar-refractivity contribution in [1.82, 2.24) is 4.57 Å². The Hall–Kier alpha value is -2.55. The fraction of sp³-hybridized carbons (Fsp3) is 0.118. The number of nitrogens with zero attached hydrogens (tertiary/aromatic N) is 1. The van der Waals surface area contributed by atoms with Crippen molar-refractivity contribution < 1.29 is 4.74 Å². The van der Waals surface area contributed by atoms with Gasteiger partial charge in [-0.1, -0.05) is 30.3 Å². The van der Waals surface area contributed by atoms with E-state index in [1.54, 1.807) is 18.7 Å². The molecule has 3 heteroatoms. The first-order chi connectivity index (χ1) is 9.70. The molecule has 0 bridgehead atoms. The zero-order chi connectivity index (χ0) is 14.1. The van der Waals surface area contributed by atoms with E-state index in [4.69, 9.17) is 4.74 Å². The average molecular weight is 265 g/mol. The topological polar surface area (TPSA) is 31.2 Å². The summed E-state index contributed by atoms with van der Waals surface area (Å²) in [5.74, 6) is 0.787. The SMILES string of the molecule is COc1ccc2c(c1)cc(-c1ccccc1)c(=O)n2C. The van der Waals surface area contributed by atoms with E-state index in [1.165, 1.54) is 0 Å². The van der Waals surface area contributed by atoms with Crippen molar-refractivity contribution in [3.05, 3.63) is 65.0 Å². The molecule has 0 unspecified atom stereocenters. The highest BCUT2D eigenvalue weighted by atomic mass is 16.5. The van der Waals surface area contributed by atoms with Gasteiger partial charge in [0.25, 0.3) is 5.56 Å². The molecule has 0 aliphatic heterocycles. The Morgan fingerprint density at radius 3 is 2.45 bits per heavy atom. The summed E-state index contributed by atoms with van der Waals surface area (Å²) < 4.78 is 6.93. The van der Waals surface area contributed by atoms with Gasteiger partial charge >= 0.3 is 0 Å². The van der Waals surface area contributed by atoms with Gasteiger partial charge in [0.2, 0.25) is 0 Å². The van der Waals surface area contributed by atoms with Crippen LogP contribution < -0.4 is 10.3 Å². The fourth-order valence-corrected chi connectivity index (χ4v) is 2.41. The molecule has 100 valence electrons. The summed E-state index contributed by atoms with van der Waals surface area (Å²) in [6, 6.07) is 17.4. The van der Waals surface area contributed by atoms with E-state index in [1.807, 2.05) is 54.6 Å². The second-order valence-corrected chi connectivity index (χ2v) is 4.71. The third kappa shape index (κ3) is 1.97. The van der Waals surface area contributed by atoms with Crippen LogP contribution in [-0.4, -0.2) is 11.7 Å². The Balaban J connectivity index is 2.34. The number of aryl methyl sites for hydroxylation is 1. The van der Waals surface area contributed by atoms with E-state index in [-0.39, 0.29) is 5.56 Å². The van der Waals surface area contributed by atoms with Crippen molar-refractivity contribution in [3.8, 4) is 16.9 Å². The molecule has 3 aromatic rings. The molecule has 0 aliphatic carbocycles. The fourth-order valence-electron chi connectivity index (χ4n) is 2.41. The number of aromatic nitrogens is 1. The van der Waals surface area contributed by atoms with Gasteiger partial charge in [-0.25, -0.2) is 0 Å². The highest BCUT2D eigenvalue weighted by molar-refractivity contribution is 5.85. The minimum Gasteiger partial charge on any atom is -0.497 e. The van der Waals surface area contributed by atoms with Crippen molar-refractivity contribution in [1.29, 1.82) is 0 Å². The van der Waals surface area contributed by atoms with Gasteiger partial charge in [-0.05, 0) is 29.8 Å². The smallest absolute Gasteiger partial charge is 0.258 e. The lowest BCUT2D eigenvalue weighted by Crippen LogP contribution is -2.18. The van der Waals surface area contributed by atoms with Crippen LogP contribution in [0.15, 0.2) is 59.4 Å². The number of hydrogen-bond acceptors (Lipinski definition) is 2. The van der Waals surface area contributed by atoms with Gasteiger partial charge in [0.05, 0.1) is 12.6 Å². The van der Waals surface area contributed by atoms with E-state index >= 15 is 0 Å². The summed E-state index contributed by atoms with van der Waals surface area (Å²) in [5, 5.41) is 0.991. The number of rotatable bonds is 2. The molecule has 0 aliphatic rings. The highest BCUT2D eigenvalue weighted by Crippen LogP contribution is 2.23. The van der Waals surface area contributed by atoms with Crippen LogP contribution in [0.5, 0.6) is 5.75 Å². The molecule has 20 heavy (non-hydrogen) atoms. The van der Waals surface area contributed by atoms with E-state index in [0.29, 0.717) is 5.56 Å². The van der Waals surface area contributed by atoms with Crippen molar-refractivity contribution in [2.75, 3.05) is 7.11 Å². The van der Waals surface area contributed by atoms with Crippen molar-refractivity contribution >= 4 is 10.9 Å². The molecule has 0 saturated heterocycles. The van der Waals surface area contributed by atoms with Gasteiger partial charge in [-0.2, -0.15) is 0 Å². The maximum absolute atomic E-state index is 12.5. The van der Waals surface area contributed by atoms with Crippen LogP contribution in [0.4, 0.5) is 0 Å². The van der Waals surface area contributed by atoms with E-state index < -0.39 is 0 Å². The predicted molar refractivity (Wildman–Crippen MR) is 81.2 cm³/mol. The molecule has 0 fully saturated rings. The molecule has 1 heterocycles. The molecule has 3 nitrogen and oxygen atoms in total. The Labute approximate surface area is 117 Å². The summed E-state index contributed by atoms with van der Waals surface area (Å²) in [6.07, 6.45) is 0. The number of fused-ring (bicyclic) bond motifs is 1. The minimum atomic E-state index is 0.00821. The first-order valence-electron chi connectivity index (χ1n) is 6.44. The molecule has 0 spiro atoms. The Morgan fingerprint density at radius 2 is 1.75 bits per heavy atom. The molecule has 0 saturated carbocycles. The van der Waals surface area contributed by atoms with Crippen LogP contribution in [-0.2, 0) is 7.05 Å². The second-order valence-electron chi connectivity index (χ2n) is 4.71. The lowest BCUT2D eigenvalue weighted by molar-refractivity contribution is 0.415. The normalized spacial score (nSPS) is 10.7. The van der Waals surface area contributed by atoms with Crippen molar-refractivity contribution in [2.24, 2.45) is 7.05 Å². The zero-order valence-electron chi connectivity index (χ0n) is 11.5. The summed E-state index contributed by atoms with van der Waals surface area (Å²) >= 11 is 0. The van der Waals surface area contributed by atoms with E-state index in [0.717, 1.165) is 22.2 Å². The molecule has 0 N–H and O–H groups in total. The van der Waals surface area contributed by atoms with Crippen LogP contribution in [0.25, 0.3) is 22.0 Å². The first kappa shape index (κ1) is 12.5. The first-order valence-corrected chi connectivity index (χ1v) is 6.44. The van der Waals surface area contributed by atoms with Gasteiger partial charge in [0.1, 0.15) is 5.75 Å². The van der Waals surface area contributed by atoms with Crippen LogP contribution in [0.1, 0.15) is 0 Å². The summed E-state index contributed by atoms with van der Waals surface area (Å²) in [7, 11) is 3.44. The molecule has 2 aromatic carbocycles. The molecule has 3 rings (SSSR count). The monoisotopic (exact) mass is 265 g/mol. The van der Waals surface area contributed by atoms with Gasteiger partial charge in [-0.15, -0.1) is 0 Å². The van der Waals surface area contributed by atoms with Gasteiger partial charge < -0.3 is 9.30 Å². The standard InChI is InChI=1S/C17H15NO2/c1-18-16-9-8-14(20-2)10-13(16)11-15(17(18)19)12-6-4-3-5-7-12/h3-11H,1-2H3. The number of benzene rings is 2. The zero-order valence-corrected chi connectivity index (χ0v) is 11.5. The summed E-state index contributed by atoms with van der Waals surface area (Å²) in [5.41, 5.74) is 2.54. The Bertz CT molecular complexity index is 820. The van der Waals surface area contributed by atoms with Crippen LogP contribution in [0.3, 0.4) is 0 Å². The van der Waals surface area contributed by atoms with Crippen LogP contribution in [0.2, 0.25) is 0 Å². The molecule has 0 amide bonds. The van der Waals surface area contributed by atoms with E-state index in [9.17, 15) is 4.79 Å². The third-order valence-electron chi connectivity index (χ3n) is 3.52. The van der Waals surface area contributed by atoms with Crippen molar-refractivity contribution in [2.45, 2.75) is 0 Å².